The van der Waals surface area contributed by atoms with Gasteiger partial charge in [0.15, 0.2) is 0 Å². The van der Waals surface area contributed by atoms with E-state index in [1.54, 1.807) is 6.20 Å². The maximum Gasteiger partial charge on any atom is 0.251 e. The van der Waals surface area contributed by atoms with E-state index in [9.17, 15) is 4.79 Å². The van der Waals surface area contributed by atoms with Gasteiger partial charge in [-0.3, -0.25) is 9.78 Å². The number of hydrogen-bond acceptors (Lipinski definition) is 2. The van der Waals surface area contributed by atoms with Gasteiger partial charge in [0.2, 0.25) is 0 Å². The molecule has 3 nitrogen and oxygen atoms in total. The SMILES string of the molecule is O=C(NCCCCCl)c1cccc2ncccc12. The average Bonchev–Trinajstić information content (AvgIpc) is 2.43. The Morgan fingerprint density at radius 3 is 2.94 bits per heavy atom. The van der Waals surface area contributed by atoms with Crippen molar-refractivity contribution in [2.75, 3.05) is 12.4 Å². The Bertz CT molecular complexity index is 537. The molecular weight excluding hydrogens is 248 g/mol. The van der Waals surface area contributed by atoms with Gasteiger partial charge in [-0.25, -0.2) is 0 Å². The molecule has 1 amide bonds. The molecule has 2 rings (SSSR count). The Labute approximate surface area is 111 Å². The summed E-state index contributed by atoms with van der Waals surface area (Å²) in [7, 11) is 0. The summed E-state index contributed by atoms with van der Waals surface area (Å²) in [5.41, 5.74) is 1.51. The van der Waals surface area contributed by atoms with Crippen LogP contribution in [0, 0.1) is 0 Å². The van der Waals surface area contributed by atoms with Gasteiger partial charge in [-0.2, -0.15) is 0 Å². The molecule has 2 aromatic rings. The topological polar surface area (TPSA) is 42.0 Å². The van der Waals surface area contributed by atoms with Gasteiger partial charge in [0.05, 0.1) is 5.52 Å². The molecule has 0 aliphatic carbocycles. The minimum atomic E-state index is -0.0526. The standard InChI is InChI=1S/C14H15ClN2O/c15-8-1-2-9-17-14(18)12-5-3-7-13-11(12)6-4-10-16-13/h3-7,10H,1-2,8-9H2,(H,17,18). The van der Waals surface area contributed by atoms with E-state index in [1.165, 1.54) is 0 Å². The number of pyridine rings is 1. The molecule has 0 saturated carbocycles. The van der Waals surface area contributed by atoms with Gasteiger partial charge in [-0.15, -0.1) is 11.6 Å². The molecule has 0 spiro atoms. The van der Waals surface area contributed by atoms with Crippen molar-refractivity contribution >= 4 is 28.4 Å². The molecule has 1 N–H and O–H groups in total. The molecule has 0 radical (unpaired) electrons. The van der Waals surface area contributed by atoms with Crippen molar-refractivity contribution in [3.05, 3.63) is 42.1 Å². The van der Waals surface area contributed by atoms with E-state index in [0.717, 1.165) is 23.7 Å². The van der Waals surface area contributed by atoms with Crippen molar-refractivity contribution in [1.29, 1.82) is 0 Å². The Morgan fingerprint density at radius 2 is 2.11 bits per heavy atom. The normalized spacial score (nSPS) is 10.5. The molecule has 1 aromatic heterocycles. The zero-order valence-corrected chi connectivity index (χ0v) is 10.8. The van der Waals surface area contributed by atoms with Gasteiger partial charge in [-0.05, 0) is 31.0 Å². The van der Waals surface area contributed by atoms with Crippen molar-refractivity contribution in [3.63, 3.8) is 0 Å². The lowest BCUT2D eigenvalue weighted by molar-refractivity contribution is 0.0955. The second-order valence-corrected chi connectivity index (χ2v) is 4.41. The summed E-state index contributed by atoms with van der Waals surface area (Å²) in [6.07, 6.45) is 3.54. The lowest BCUT2D eigenvalue weighted by Crippen LogP contribution is -2.24. The van der Waals surface area contributed by atoms with Crippen LogP contribution < -0.4 is 5.32 Å². The van der Waals surface area contributed by atoms with Crippen LogP contribution in [0.3, 0.4) is 0 Å². The van der Waals surface area contributed by atoms with Crippen molar-refractivity contribution < 1.29 is 4.79 Å². The first kappa shape index (κ1) is 12.8. The highest BCUT2D eigenvalue weighted by Gasteiger charge is 2.08. The van der Waals surface area contributed by atoms with Crippen molar-refractivity contribution in [2.45, 2.75) is 12.8 Å². The molecule has 94 valence electrons. The predicted octanol–water partition coefficient (Wildman–Crippen LogP) is 2.98. The molecule has 0 aliphatic heterocycles. The first-order valence-electron chi connectivity index (χ1n) is 6.01. The van der Waals surface area contributed by atoms with Gasteiger partial charge in [-0.1, -0.05) is 12.1 Å². The fourth-order valence-electron chi connectivity index (χ4n) is 1.82. The Balaban J connectivity index is 2.13. The molecule has 0 saturated heterocycles. The molecule has 0 bridgehead atoms. The number of rotatable bonds is 5. The largest absolute Gasteiger partial charge is 0.352 e. The summed E-state index contributed by atoms with van der Waals surface area (Å²) in [4.78, 5) is 16.3. The molecule has 4 heteroatoms. The minimum absolute atomic E-state index is 0.0526. The highest BCUT2D eigenvalue weighted by atomic mass is 35.5. The van der Waals surface area contributed by atoms with Gasteiger partial charge in [0.25, 0.3) is 5.91 Å². The number of carbonyl (C=O) groups is 1. The highest BCUT2D eigenvalue weighted by molar-refractivity contribution is 6.17. The average molecular weight is 263 g/mol. The maximum absolute atomic E-state index is 12.0. The first-order chi connectivity index (χ1) is 8.83. The molecule has 18 heavy (non-hydrogen) atoms. The lowest BCUT2D eigenvalue weighted by atomic mass is 10.1. The highest BCUT2D eigenvalue weighted by Crippen LogP contribution is 2.16. The van der Waals surface area contributed by atoms with Crippen LogP contribution in [0.15, 0.2) is 36.5 Å². The second-order valence-electron chi connectivity index (χ2n) is 4.03. The Morgan fingerprint density at radius 1 is 1.22 bits per heavy atom. The quantitative estimate of drug-likeness (QED) is 0.665. The smallest absolute Gasteiger partial charge is 0.251 e. The van der Waals surface area contributed by atoms with Gasteiger partial charge < -0.3 is 5.32 Å². The van der Waals surface area contributed by atoms with Crippen molar-refractivity contribution in [3.8, 4) is 0 Å². The Kier molecular flexibility index (Phi) is 4.53. The van der Waals surface area contributed by atoms with E-state index >= 15 is 0 Å². The van der Waals surface area contributed by atoms with Crippen LogP contribution in [0.25, 0.3) is 10.9 Å². The molecule has 1 heterocycles. The summed E-state index contributed by atoms with van der Waals surface area (Å²) in [5, 5.41) is 3.78. The third-order valence-corrected chi connectivity index (χ3v) is 3.00. The fourth-order valence-corrected chi connectivity index (χ4v) is 2.01. The minimum Gasteiger partial charge on any atom is -0.352 e. The van der Waals surface area contributed by atoms with Crippen LogP contribution in [0.5, 0.6) is 0 Å². The Hall–Kier alpha value is -1.61. The summed E-state index contributed by atoms with van der Waals surface area (Å²) >= 11 is 5.59. The van der Waals surface area contributed by atoms with Crippen molar-refractivity contribution in [1.82, 2.24) is 10.3 Å². The van der Waals surface area contributed by atoms with Gasteiger partial charge in [0.1, 0.15) is 0 Å². The van der Waals surface area contributed by atoms with E-state index < -0.39 is 0 Å². The van der Waals surface area contributed by atoms with E-state index in [1.807, 2.05) is 30.3 Å². The van der Waals surface area contributed by atoms with E-state index in [4.69, 9.17) is 11.6 Å². The number of halogens is 1. The summed E-state index contributed by atoms with van der Waals surface area (Å²) in [6.45, 7) is 0.655. The van der Waals surface area contributed by atoms with Gasteiger partial charge >= 0.3 is 0 Å². The summed E-state index contributed by atoms with van der Waals surface area (Å²) < 4.78 is 0. The third-order valence-electron chi connectivity index (χ3n) is 2.74. The lowest BCUT2D eigenvalue weighted by Gasteiger charge is -2.07. The third kappa shape index (κ3) is 2.99. The van der Waals surface area contributed by atoms with Crippen LogP contribution in [0.1, 0.15) is 23.2 Å². The number of aromatic nitrogens is 1. The molecule has 0 fully saturated rings. The zero-order chi connectivity index (χ0) is 12.8. The number of nitrogens with one attached hydrogen (secondary N) is 1. The molecule has 0 atom stereocenters. The van der Waals surface area contributed by atoms with Crippen molar-refractivity contribution in [2.24, 2.45) is 0 Å². The number of unbranched alkanes of at least 4 members (excludes halogenated alkanes) is 1. The number of carbonyl (C=O) groups excluding carboxylic acids is 1. The summed E-state index contributed by atoms with van der Waals surface area (Å²) in [5.74, 6) is 0.580. The van der Waals surface area contributed by atoms with E-state index in [2.05, 4.69) is 10.3 Å². The maximum atomic E-state index is 12.0. The number of hydrogen-bond donors (Lipinski definition) is 1. The summed E-state index contributed by atoms with van der Waals surface area (Å²) in [6, 6.07) is 9.33. The van der Waals surface area contributed by atoms with E-state index in [0.29, 0.717) is 18.0 Å². The number of amides is 1. The number of fused-ring (bicyclic) bond motifs is 1. The molecule has 0 unspecified atom stereocenters. The molecule has 1 aromatic carbocycles. The predicted molar refractivity (Wildman–Crippen MR) is 74.0 cm³/mol. The van der Waals surface area contributed by atoms with Gasteiger partial charge in [0, 0.05) is 29.6 Å². The number of nitrogens with zero attached hydrogens (tertiary/aromatic N) is 1. The van der Waals surface area contributed by atoms with E-state index in [-0.39, 0.29) is 5.91 Å². The van der Waals surface area contributed by atoms with Crippen LogP contribution in [0.4, 0.5) is 0 Å². The number of benzene rings is 1. The first-order valence-corrected chi connectivity index (χ1v) is 6.54. The number of alkyl halides is 1. The monoisotopic (exact) mass is 262 g/mol. The fraction of sp³-hybridized carbons (Fsp3) is 0.286. The second kappa shape index (κ2) is 6.36. The molecule has 0 aliphatic rings. The van der Waals surface area contributed by atoms with Crippen LogP contribution in [-0.4, -0.2) is 23.3 Å². The van der Waals surface area contributed by atoms with Crippen LogP contribution in [0.2, 0.25) is 0 Å². The van der Waals surface area contributed by atoms with Crippen LogP contribution in [-0.2, 0) is 0 Å². The molecular formula is C14H15ClN2O. The van der Waals surface area contributed by atoms with Crippen LogP contribution >= 0.6 is 11.6 Å². The zero-order valence-electron chi connectivity index (χ0n) is 10.0.